The van der Waals surface area contributed by atoms with E-state index in [1.54, 1.807) is 18.2 Å². The Bertz CT molecular complexity index is 896. The summed E-state index contributed by atoms with van der Waals surface area (Å²) in [5, 5.41) is 11.8. The van der Waals surface area contributed by atoms with Crippen molar-refractivity contribution in [3.63, 3.8) is 0 Å². The standard InChI is InChI=1S/C17H13BrCl2N4S/c18-12-6-4-11(5-7-12)10-24-9-8-15(23-24)22-17(25)21-14-3-1-2-13(19)16(14)20/h1-9H,10H2,(H2,21,22,23,25). The summed E-state index contributed by atoms with van der Waals surface area (Å²) in [6.07, 6.45) is 1.89. The summed E-state index contributed by atoms with van der Waals surface area (Å²) in [6.45, 7) is 0.676. The van der Waals surface area contributed by atoms with E-state index in [2.05, 4.69) is 31.7 Å². The molecule has 2 N–H and O–H groups in total. The number of halogens is 3. The van der Waals surface area contributed by atoms with Crippen LogP contribution in [-0.2, 0) is 6.54 Å². The molecule has 3 aromatic rings. The first-order chi connectivity index (χ1) is 12.0. The van der Waals surface area contributed by atoms with Crippen molar-refractivity contribution in [2.24, 2.45) is 0 Å². The van der Waals surface area contributed by atoms with E-state index in [9.17, 15) is 0 Å². The van der Waals surface area contributed by atoms with E-state index in [0.29, 0.717) is 33.2 Å². The highest BCUT2D eigenvalue weighted by Crippen LogP contribution is 2.29. The molecule has 0 saturated carbocycles. The smallest absolute Gasteiger partial charge is 0.176 e. The third kappa shape index (κ3) is 4.95. The van der Waals surface area contributed by atoms with Crippen molar-refractivity contribution < 1.29 is 0 Å². The summed E-state index contributed by atoms with van der Waals surface area (Å²) in [4.78, 5) is 0. The van der Waals surface area contributed by atoms with Crippen LogP contribution in [0.2, 0.25) is 10.0 Å². The molecule has 1 aromatic heterocycles. The maximum Gasteiger partial charge on any atom is 0.176 e. The second kappa shape index (κ2) is 8.19. The van der Waals surface area contributed by atoms with E-state index in [-0.39, 0.29) is 0 Å². The topological polar surface area (TPSA) is 41.9 Å². The molecule has 0 radical (unpaired) electrons. The van der Waals surface area contributed by atoms with Crippen LogP contribution in [0.1, 0.15) is 5.56 Å². The van der Waals surface area contributed by atoms with Gasteiger partial charge >= 0.3 is 0 Å². The minimum Gasteiger partial charge on any atom is -0.331 e. The van der Waals surface area contributed by atoms with E-state index in [4.69, 9.17) is 35.4 Å². The van der Waals surface area contributed by atoms with Crippen molar-refractivity contribution in [2.45, 2.75) is 6.54 Å². The minimum atomic E-state index is 0.387. The highest BCUT2D eigenvalue weighted by molar-refractivity contribution is 9.10. The Labute approximate surface area is 169 Å². The van der Waals surface area contributed by atoms with Crippen LogP contribution in [0.3, 0.4) is 0 Å². The molecule has 4 nitrogen and oxygen atoms in total. The van der Waals surface area contributed by atoms with Gasteiger partial charge in [-0.25, -0.2) is 0 Å². The molecule has 8 heteroatoms. The number of nitrogens with one attached hydrogen (secondary N) is 2. The molecule has 0 atom stereocenters. The van der Waals surface area contributed by atoms with Crippen molar-refractivity contribution in [2.75, 3.05) is 10.6 Å². The molecule has 0 spiro atoms. The normalized spacial score (nSPS) is 10.5. The Hall–Kier alpha value is -1.60. The van der Waals surface area contributed by atoms with Crippen LogP contribution in [0.15, 0.2) is 59.2 Å². The molecule has 0 aliphatic rings. The third-order valence-electron chi connectivity index (χ3n) is 3.34. The lowest BCUT2D eigenvalue weighted by Gasteiger charge is -2.10. The van der Waals surface area contributed by atoms with Gasteiger partial charge in [0.15, 0.2) is 10.9 Å². The van der Waals surface area contributed by atoms with Crippen LogP contribution in [0.4, 0.5) is 11.5 Å². The largest absolute Gasteiger partial charge is 0.331 e. The Morgan fingerprint density at radius 1 is 1.08 bits per heavy atom. The van der Waals surface area contributed by atoms with Gasteiger partial charge in [-0.2, -0.15) is 5.10 Å². The lowest BCUT2D eigenvalue weighted by molar-refractivity contribution is 0.690. The zero-order valence-electron chi connectivity index (χ0n) is 12.8. The number of aromatic nitrogens is 2. The average molecular weight is 456 g/mol. The lowest BCUT2D eigenvalue weighted by Crippen LogP contribution is -2.19. The van der Waals surface area contributed by atoms with Crippen molar-refractivity contribution in [1.82, 2.24) is 9.78 Å². The number of hydrogen-bond donors (Lipinski definition) is 2. The number of thiocarbonyl (C=S) groups is 1. The van der Waals surface area contributed by atoms with Gasteiger partial charge in [-0.05, 0) is 42.0 Å². The highest BCUT2D eigenvalue weighted by atomic mass is 79.9. The van der Waals surface area contributed by atoms with Gasteiger partial charge in [-0.1, -0.05) is 57.3 Å². The van der Waals surface area contributed by atoms with Gasteiger partial charge in [0.05, 0.1) is 22.3 Å². The Balaban J connectivity index is 1.61. The summed E-state index contributed by atoms with van der Waals surface area (Å²) >= 11 is 20.9. The first-order valence-electron chi connectivity index (χ1n) is 7.31. The highest BCUT2D eigenvalue weighted by Gasteiger charge is 2.07. The van der Waals surface area contributed by atoms with Crippen LogP contribution < -0.4 is 10.6 Å². The molecule has 128 valence electrons. The molecule has 0 saturated heterocycles. The van der Waals surface area contributed by atoms with Gasteiger partial charge < -0.3 is 10.6 Å². The summed E-state index contributed by atoms with van der Waals surface area (Å²) in [7, 11) is 0. The first kappa shape index (κ1) is 18.2. The molecular weight excluding hydrogens is 443 g/mol. The summed E-state index contributed by atoms with van der Waals surface area (Å²) < 4.78 is 2.88. The predicted molar refractivity (Wildman–Crippen MR) is 112 cm³/mol. The summed E-state index contributed by atoms with van der Waals surface area (Å²) in [6, 6.07) is 15.3. The van der Waals surface area contributed by atoms with E-state index >= 15 is 0 Å². The van der Waals surface area contributed by atoms with Crippen molar-refractivity contribution in [3.8, 4) is 0 Å². The number of benzene rings is 2. The van der Waals surface area contributed by atoms with Gasteiger partial charge in [0, 0.05) is 16.7 Å². The Morgan fingerprint density at radius 3 is 2.60 bits per heavy atom. The van der Waals surface area contributed by atoms with Crippen LogP contribution in [-0.4, -0.2) is 14.9 Å². The molecular formula is C17H13BrCl2N4S. The molecule has 0 aliphatic heterocycles. The number of anilines is 2. The zero-order chi connectivity index (χ0) is 17.8. The lowest BCUT2D eigenvalue weighted by atomic mass is 10.2. The fourth-order valence-electron chi connectivity index (χ4n) is 2.16. The summed E-state index contributed by atoms with van der Waals surface area (Å²) in [5.74, 6) is 0.646. The molecule has 0 bridgehead atoms. The minimum absolute atomic E-state index is 0.387. The van der Waals surface area contributed by atoms with E-state index in [1.807, 2.05) is 41.2 Å². The molecule has 3 rings (SSSR count). The van der Waals surface area contributed by atoms with Crippen molar-refractivity contribution in [3.05, 3.63) is 74.8 Å². The number of nitrogens with zero attached hydrogens (tertiary/aromatic N) is 2. The van der Waals surface area contributed by atoms with Crippen LogP contribution in [0, 0.1) is 0 Å². The van der Waals surface area contributed by atoms with E-state index in [0.717, 1.165) is 10.0 Å². The SMILES string of the molecule is S=C(Nc1ccn(Cc2ccc(Br)cc2)n1)Nc1cccc(Cl)c1Cl. The van der Waals surface area contributed by atoms with E-state index < -0.39 is 0 Å². The summed E-state index contributed by atoms with van der Waals surface area (Å²) in [5.41, 5.74) is 1.80. The average Bonchev–Trinajstić information content (AvgIpc) is 3.01. The molecule has 0 fully saturated rings. The van der Waals surface area contributed by atoms with Gasteiger partial charge in [0.25, 0.3) is 0 Å². The quantitative estimate of drug-likeness (QED) is 0.487. The second-order valence-corrected chi connectivity index (χ2v) is 7.31. The maximum atomic E-state index is 6.14. The first-order valence-corrected chi connectivity index (χ1v) is 9.27. The molecule has 2 aromatic carbocycles. The number of rotatable bonds is 4. The fraction of sp³-hybridized carbons (Fsp3) is 0.0588. The molecule has 25 heavy (non-hydrogen) atoms. The van der Waals surface area contributed by atoms with Gasteiger partial charge in [0.2, 0.25) is 0 Å². The second-order valence-electron chi connectivity index (χ2n) is 5.21. The molecule has 0 unspecified atom stereocenters. The van der Waals surface area contributed by atoms with Crippen molar-refractivity contribution >= 4 is 68.0 Å². The van der Waals surface area contributed by atoms with Gasteiger partial charge in [-0.15, -0.1) is 0 Å². The molecule has 0 amide bonds. The Morgan fingerprint density at radius 2 is 1.84 bits per heavy atom. The monoisotopic (exact) mass is 454 g/mol. The molecule has 1 heterocycles. The Kier molecular flexibility index (Phi) is 5.96. The third-order valence-corrected chi connectivity index (χ3v) is 4.89. The van der Waals surface area contributed by atoms with Gasteiger partial charge in [-0.3, -0.25) is 4.68 Å². The fourth-order valence-corrected chi connectivity index (χ4v) is 2.99. The predicted octanol–water partition coefficient (Wildman–Crippen LogP) is 5.81. The van der Waals surface area contributed by atoms with Crippen LogP contribution in [0.25, 0.3) is 0 Å². The number of hydrogen-bond acceptors (Lipinski definition) is 2. The van der Waals surface area contributed by atoms with E-state index in [1.165, 1.54) is 0 Å². The zero-order valence-corrected chi connectivity index (χ0v) is 16.8. The van der Waals surface area contributed by atoms with Gasteiger partial charge in [0.1, 0.15) is 0 Å². The van der Waals surface area contributed by atoms with Crippen LogP contribution in [0.5, 0.6) is 0 Å². The van der Waals surface area contributed by atoms with Crippen molar-refractivity contribution in [1.29, 1.82) is 0 Å². The molecule has 0 aliphatic carbocycles. The van der Waals surface area contributed by atoms with Crippen LogP contribution >= 0.6 is 51.3 Å². The maximum absolute atomic E-state index is 6.14.